The van der Waals surface area contributed by atoms with Gasteiger partial charge in [-0.3, -0.25) is 0 Å². The first-order chi connectivity index (χ1) is 9.78. The number of hydrogen-bond donors (Lipinski definition) is 1. The summed E-state index contributed by atoms with van der Waals surface area (Å²) in [6.45, 7) is 5.75. The molecule has 1 N–H and O–H groups in total. The zero-order valence-electron chi connectivity index (χ0n) is 12.1. The first-order valence-electron chi connectivity index (χ1n) is 6.77. The van der Waals surface area contributed by atoms with Crippen LogP contribution < -0.4 is 14.8 Å². The van der Waals surface area contributed by atoms with E-state index in [0.29, 0.717) is 31.4 Å². The molecule has 108 valence electrons. The van der Waals surface area contributed by atoms with Gasteiger partial charge in [0.25, 0.3) is 0 Å². The van der Waals surface area contributed by atoms with Gasteiger partial charge in [-0.1, -0.05) is 0 Å². The van der Waals surface area contributed by atoms with Gasteiger partial charge in [0.15, 0.2) is 11.5 Å². The van der Waals surface area contributed by atoms with Crippen LogP contribution in [0.15, 0.2) is 28.9 Å². The monoisotopic (exact) mass is 276 g/mol. The van der Waals surface area contributed by atoms with Gasteiger partial charge in [-0.15, -0.1) is 0 Å². The molecule has 2 rings (SSSR count). The van der Waals surface area contributed by atoms with Gasteiger partial charge >= 0.3 is 0 Å². The summed E-state index contributed by atoms with van der Waals surface area (Å²) in [5.74, 6) is 2.03. The number of rotatable bonds is 7. The second-order valence-electron chi connectivity index (χ2n) is 4.20. The summed E-state index contributed by atoms with van der Waals surface area (Å²) < 4.78 is 16.6. The Labute approximate surface area is 118 Å². The molecule has 0 aliphatic rings. The summed E-state index contributed by atoms with van der Waals surface area (Å²) in [6, 6.07) is 5.69. The van der Waals surface area contributed by atoms with E-state index in [0.717, 1.165) is 17.0 Å². The smallest absolute Gasteiger partial charge is 0.226 e. The molecule has 0 amide bonds. The number of oxazole rings is 1. The van der Waals surface area contributed by atoms with E-state index in [4.69, 9.17) is 13.9 Å². The molecular weight excluding hydrogens is 256 g/mol. The second kappa shape index (κ2) is 6.96. The lowest BCUT2D eigenvalue weighted by Gasteiger charge is -2.11. The summed E-state index contributed by atoms with van der Waals surface area (Å²) in [4.78, 5) is 4.42. The molecule has 0 spiro atoms. The summed E-state index contributed by atoms with van der Waals surface area (Å²) in [6.07, 6.45) is 1.66. The SMILES string of the molecule is CCOc1ccc(-c2nc(CNC)co2)cc1OCC. The molecule has 0 saturated carbocycles. The predicted octanol–water partition coefficient (Wildman–Crippen LogP) is 2.86. The molecule has 0 unspecified atom stereocenters. The molecule has 0 saturated heterocycles. The van der Waals surface area contributed by atoms with Crippen LogP contribution in [0.4, 0.5) is 0 Å². The average molecular weight is 276 g/mol. The van der Waals surface area contributed by atoms with Crippen molar-refractivity contribution in [1.82, 2.24) is 10.3 Å². The van der Waals surface area contributed by atoms with Crippen molar-refractivity contribution in [3.05, 3.63) is 30.2 Å². The van der Waals surface area contributed by atoms with E-state index in [2.05, 4.69) is 10.3 Å². The normalized spacial score (nSPS) is 10.6. The maximum atomic E-state index is 5.60. The highest BCUT2D eigenvalue weighted by molar-refractivity contribution is 5.60. The van der Waals surface area contributed by atoms with Crippen molar-refractivity contribution in [2.24, 2.45) is 0 Å². The fraction of sp³-hybridized carbons (Fsp3) is 0.400. The van der Waals surface area contributed by atoms with E-state index in [1.54, 1.807) is 6.26 Å². The number of benzene rings is 1. The lowest BCUT2D eigenvalue weighted by atomic mass is 10.2. The number of nitrogens with one attached hydrogen (secondary N) is 1. The van der Waals surface area contributed by atoms with Crippen LogP contribution in [0, 0.1) is 0 Å². The minimum absolute atomic E-state index is 0.583. The standard InChI is InChI=1S/C15H20N2O3/c1-4-18-13-7-6-11(8-14(13)19-5-2)15-17-12(9-16-3)10-20-15/h6-8,10,16H,4-5,9H2,1-3H3. The van der Waals surface area contributed by atoms with E-state index in [1.807, 2.05) is 39.1 Å². The zero-order chi connectivity index (χ0) is 14.4. The minimum atomic E-state index is 0.583. The van der Waals surface area contributed by atoms with Crippen LogP contribution in [-0.2, 0) is 6.54 Å². The van der Waals surface area contributed by atoms with Crippen LogP contribution >= 0.6 is 0 Å². The van der Waals surface area contributed by atoms with Crippen LogP contribution in [0.3, 0.4) is 0 Å². The molecule has 1 aromatic heterocycles. The van der Waals surface area contributed by atoms with Crippen molar-refractivity contribution < 1.29 is 13.9 Å². The molecule has 1 aromatic carbocycles. The van der Waals surface area contributed by atoms with Gasteiger partial charge in [-0.25, -0.2) is 4.98 Å². The Morgan fingerprint density at radius 3 is 2.60 bits per heavy atom. The Hall–Kier alpha value is -2.01. The van der Waals surface area contributed by atoms with Crippen LogP contribution in [0.1, 0.15) is 19.5 Å². The van der Waals surface area contributed by atoms with Crippen LogP contribution in [0.5, 0.6) is 11.5 Å². The molecule has 5 heteroatoms. The van der Waals surface area contributed by atoms with Gasteiger partial charge < -0.3 is 19.2 Å². The van der Waals surface area contributed by atoms with E-state index in [-0.39, 0.29) is 0 Å². The van der Waals surface area contributed by atoms with E-state index in [1.165, 1.54) is 0 Å². The first kappa shape index (κ1) is 14.4. The van der Waals surface area contributed by atoms with Crippen molar-refractivity contribution in [1.29, 1.82) is 0 Å². The molecular formula is C15H20N2O3. The molecule has 0 fully saturated rings. The van der Waals surface area contributed by atoms with E-state index < -0.39 is 0 Å². The van der Waals surface area contributed by atoms with Crippen LogP contribution in [-0.4, -0.2) is 25.2 Å². The van der Waals surface area contributed by atoms with E-state index in [9.17, 15) is 0 Å². The van der Waals surface area contributed by atoms with Gasteiger partial charge in [0.2, 0.25) is 5.89 Å². The minimum Gasteiger partial charge on any atom is -0.490 e. The second-order valence-corrected chi connectivity index (χ2v) is 4.20. The number of nitrogens with zero attached hydrogens (tertiary/aromatic N) is 1. The van der Waals surface area contributed by atoms with E-state index >= 15 is 0 Å². The predicted molar refractivity (Wildman–Crippen MR) is 77.0 cm³/mol. The molecule has 0 aliphatic carbocycles. The largest absolute Gasteiger partial charge is 0.490 e. The van der Waals surface area contributed by atoms with Crippen molar-refractivity contribution >= 4 is 0 Å². The van der Waals surface area contributed by atoms with Crippen molar-refractivity contribution in [3.63, 3.8) is 0 Å². The van der Waals surface area contributed by atoms with Gasteiger partial charge in [-0.05, 0) is 39.1 Å². The van der Waals surface area contributed by atoms with Crippen molar-refractivity contribution in [3.8, 4) is 23.0 Å². The number of hydrogen-bond acceptors (Lipinski definition) is 5. The molecule has 0 bridgehead atoms. The van der Waals surface area contributed by atoms with Gasteiger partial charge in [0.1, 0.15) is 6.26 Å². The van der Waals surface area contributed by atoms with Gasteiger partial charge in [-0.2, -0.15) is 0 Å². The fourth-order valence-electron chi connectivity index (χ4n) is 1.89. The molecule has 0 radical (unpaired) electrons. The van der Waals surface area contributed by atoms with Gasteiger partial charge in [0.05, 0.1) is 18.9 Å². The first-order valence-corrected chi connectivity index (χ1v) is 6.77. The Balaban J connectivity index is 2.28. The summed E-state index contributed by atoms with van der Waals surface area (Å²) in [5.41, 5.74) is 1.74. The van der Waals surface area contributed by atoms with Crippen LogP contribution in [0.2, 0.25) is 0 Å². The average Bonchev–Trinajstić information content (AvgIpc) is 2.90. The maximum absolute atomic E-state index is 5.60. The maximum Gasteiger partial charge on any atom is 0.226 e. The topological polar surface area (TPSA) is 56.5 Å². The Morgan fingerprint density at radius 1 is 1.15 bits per heavy atom. The summed E-state index contributed by atoms with van der Waals surface area (Å²) >= 11 is 0. The molecule has 20 heavy (non-hydrogen) atoms. The zero-order valence-corrected chi connectivity index (χ0v) is 12.1. The Kier molecular flexibility index (Phi) is 5.01. The highest BCUT2D eigenvalue weighted by Crippen LogP contribution is 2.32. The summed E-state index contributed by atoms with van der Waals surface area (Å²) in [5, 5.41) is 3.04. The van der Waals surface area contributed by atoms with Crippen molar-refractivity contribution in [2.45, 2.75) is 20.4 Å². The third kappa shape index (κ3) is 3.30. The quantitative estimate of drug-likeness (QED) is 0.842. The molecule has 2 aromatic rings. The molecule has 1 heterocycles. The third-order valence-corrected chi connectivity index (χ3v) is 2.70. The highest BCUT2D eigenvalue weighted by atomic mass is 16.5. The number of ether oxygens (including phenoxy) is 2. The highest BCUT2D eigenvalue weighted by Gasteiger charge is 2.11. The summed E-state index contributed by atoms with van der Waals surface area (Å²) in [7, 11) is 1.87. The molecule has 0 aliphatic heterocycles. The Bertz CT molecular complexity index is 552. The third-order valence-electron chi connectivity index (χ3n) is 2.70. The van der Waals surface area contributed by atoms with Gasteiger partial charge in [0, 0.05) is 12.1 Å². The lowest BCUT2D eigenvalue weighted by molar-refractivity contribution is 0.288. The molecule has 5 nitrogen and oxygen atoms in total. The fourth-order valence-corrected chi connectivity index (χ4v) is 1.89. The van der Waals surface area contributed by atoms with Crippen LogP contribution in [0.25, 0.3) is 11.5 Å². The lowest BCUT2D eigenvalue weighted by Crippen LogP contribution is -2.04. The van der Waals surface area contributed by atoms with Crippen molar-refractivity contribution in [2.75, 3.05) is 20.3 Å². The number of aromatic nitrogens is 1. The Morgan fingerprint density at radius 2 is 1.90 bits per heavy atom. The molecule has 0 atom stereocenters.